The van der Waals surface area contributed by atoms with Crippen molar-refractivity contribution in [1.29, 1.82) is 0 Å². The molecule has 6 heteroatoms. The molecular weight excluding hydrogens is 220 g/mol. The molecule has 94 valence electrons. The second-order valence-corrected chi connectivity index (χ2v) is 4.73. The summed E-state index contributed by atoms with van der Waals surface area (Å²) in [5.41, 5.74) is 5.87. The van der Waals surface area contributed by atoms with Gasteiger partial charge in [0.2, 0.25) is 0 Å². The maximum Gasteiger partial charge on any atom is 0.261 e. The van der Waals surface area contributed by atoms with Crippen molar-refractivity contribution in [1.82, 2.24) is 0 Å². The normalized spacial score (nSPS) is 41.6. The van der Waals surface area contributed by atoms with E-state index in [4.69, 9.17) is 19.9 Å². The van der Waals surface area contributed by atoms with Crippen LogP contribution in [0.15, 0.2) is 0 Å². The van der Waals surface area contributed by atoms with Crippen molar-refractivity contribution < 1.29 is 23.0 Å². The van der Waals surface area contributed by atoms with E-state index in [1.807, 2.05) is 0 Å². The first-order valence-electron chi connectivity index (χ1n) is 5.40. The highest BCUT2D eigenvalue weighted by Crippen LogP contribution is 2.38. The van der Waals surface area contributed by atoms with Gasteiger partial charge in [-0.05, 0) is 20.3 Å². The Bertz CT molecular complexity index is 262. The van der Waals surface area contributed by atoms with Gasteiger partial charge >= 0.3 is 0 Å². The summed E-state index contributed by atoms with van der Waals surface area (Å²) in [6.45, 7) is 2.98. The van der Waals surface area contributed by atoms with Crippen LogP contribution in [0.25, 0.3) is 0 Å². The van der Waals surface area contributed by atoms with Crippen LogP contribution in [-0.2, 0) is 14.2 Å². The largest absolute Gasteiger partial charge is 0.369 e. The van der Waals surface area contributed by atoms with E-state index in [1.54, 1.807) is 13.8 Å². The van der Waals surface area contributed by atoms with Gasteiger partial charge in [0.25, 0.3) is 6.43 Å². The molecule has 1 heterocycles. The van der Waals surface area contributed by atoms with E-state index in [2.05, 4.69) is 0 Å². The van der Waals surface area contributed by atoms with Gasteiger partial charge in [-0.15, -0.1) is 0 Å². The van der Waals surface area contributed by atoms with E-state index >= 15 is 0 Å². The summed E-state index contributed by atoms with van der Waals surface area (Å²) in [5, 5.41) is 0. The molecule has 1 saturated heterocycles. The zero-order valence-electron chi connectivity index (χ0n) is 9.36. The quantitative estimate of drug-likeness (QED) is 0.792. The fourth-order valence-electron chi connectivity index (χ4n) is 2.33. The predicted octanol–water partition coefficient (Wildman–Crippen LogP) is 0.888. The number of ether oxygens (including phenoxy) is 3. The number of halogens is 2. The highest BCUT2D eigenvalue weighted by molar-refractivity contribution is 5.01. The van der Waals surface area contributed by atoms with Crippen molar-refractivity contribution in [2.45, 2.75) is 56.8 Å². The van der Waals surface area contributed by atoms with Crippen LogP contribution in [0, 0.1) is 0 Å². The fourth-order valence-corrected chi connectivity index (χ4v) is 2.33. The molecule has 0 unspecified atom stereocenters. The third-order valence-corrected chi connectivity index (χ3v) is 2.89. The van der Waals surface area contributed by atoms with Crippen LogP contribution in [0.4, 0.5) is 8.78 Å². The lowest BCUT2D eigenvalue weighted by atomic mass is 10.2. The lowest BCUT2D eigenvalue weighted by molar-refractivity contribution is -0.170. The lowest BCUT2D eigenvalue weighted by Crippen LogP contribution is -2.35. The Balaban J connectivity index is 1.96. The molecule has 4 nitrogen and oxygen atoms in total. The number of fused-ring (bicyclic) bond motifs is 1. The molecule has 1 saturated carbocycles. The van der Waals surface area contributed by atoms with Crippen LogP contribution in [0.5, 0.6) is 0 Å². The Hall–Kier alpha value is -0.300. The van der Waals surface area contributed by atoms with E-state index in [9.17, 15) is 8.78 Å². The maximum atomic E-state index is 12.1. The summed E-state index contributed by atoms with van der Waals surface area (Å²) >= 11 is 0. The fraction of sp³-hybridized carbons (Fsp3) is 1.00. The van der Waals surface area contributed by atoms with Crippen LogP contribution in [-0.4, -0.2) is 43.2 Å². The Morgan fingerprint density at radius 2 is 2.00 bits per heavy atom. The predicted molar refractivity (Wildman–Crippen MR) is 52.2 cm³/mol. The molecule has 0 amide bonds. The summed E-state index contributed by atoms with van der Waals surface area (Å²) in [7, 11) is 0. The Kier molecular flexibility index (Phi) is 3.18. The Morgan fingerprint density at radius 3 is 2.62 bits per heavy atom. The summed E-state index contributed by atoms with van der Waals surface area (Å²) < 4.78 is 40.4. The first kappa shape index (κ1) is 12.2. The molecule has 1 aliphatic heterocycles. The number of hydrogen-bond donors (Lipinski definition) is 1. The van der Waals surface area contributed by atoms with Crippen molar-refractivity contribution in [2.75, 3.05) is 6.61 Å². The van der Waals surface area contributed by atoms with E-state index < -0.39 is 24.9 Å². The third kappa shape index (κ3) is 2.34. The van der Waals surface area contributed by atoms with E-state index in [0.29, 0.717) is 6.42 Å². The van der Waals surface area contributed by atoms with Crippen molar-refractivity contribution in [3.63, 3.8) is 0 Å². The highest BCUT2D eigenvalue weighted by Gasteiger charge is 2.53. The third-order valence-electron chi connectivity index (χ3n) is 2.89. The molecule has 0 aromatic carbocycles. The molecule has 2 rings (SSSR count). The van der Waals surface area contributed by atoms with Crippen molar-refractivity contribution >= 4 is 0 Å². The molecular formula is C10H17F2NO3. The molecule has 0 bridgehead atoms. The summed E-state index contributed by atoms with van der Waals surface area (Å²) in [5.74, 6) is -0.709. The van der Waals surface area contributed by atoms with E-state index in [-0.39, 0.29) is 18.2 Å². The van der Waals surface area contributed by atoms with Gasteiger partial charge in [-0.25, -0.2) is 8.78 Å². The van der Waals surface area contributed by atoms with Gasteiger partial charge in [0.1, 0.15) is 18.8 Å². The van der Waals surface area contributed by atoms with E-state index in [1.165, 1.54) is 0 Å². The van der Waals surface area contributed by atoms with Crippen LogP contribution in [0.2, 0.25) is 0 Å². The monoisotopic (exact) mass is 237 g/mol. The molecule has 0 spiro atoms. The Morgan fingerprint density at radius 1 is 1.38 bits per heavy atom. The van der Waals surface area contributed by atoms with Gasteiger partial charge in [0.15, 0.2) is 5.79 Å². The van der Waals surface area contributed by atoms with E-state index in [0.717, 1.165) is 0 Å². The van der Waals surface area contributed by atoms with Crippen LogP contribution < -0.4 is 5.73 Å². The van der Waals surface area contributed by atoms with Crippen LogP contribution in [0.1, 0.15) is 20.3 Å². The van der Waals surface area contributed by atoms with Crippen molar-refractivity contribution in [3.05, 3.63) is 0 Å². The number of alkyl halides is 2. The summed E-state index contributed by atoms with van der Waals surface area (Å²) in [4.78, 5) is 0. The molecule has 1 aliphatic carbocycles. The van der Waals surface area contributed by atoms with Crippen molar-refractivity contribution in [2.24, 2.45) is 5.73 Å². The minimum Gasteiger partial charge on any atom is -0.369 e. The smallest absolute Gasteiger partial charge is 0.261 e. The lowest BCUT2D eigenvalue weighted by Gasteiger charge is -2.22. The summed E-state index contributed by atoms with van der Waals surface area (Å²) in [6, 6.07) is -0.213. The van der Waals surface area contributed by atoms with Gasteiger partial charge in [0.05, 0.1) is 6.10 Å². The van der Waals surface area contributed by atoms with Gasteiger partial charge in [0, 0.05) is 6.04 Å². The molecule has 4 atom stereocenters. The van der Waals surface area contributed by atoms with Crippen LogP contribution >= 0.6 is 0 Å². The molecule has 0 aromatic heterocycles. The van der Waals surface area contributed by atoms with Crippen LogP contribution in [0.3, 0.4) is 0 Å². The zero-order valence-corrected chi connectivity index (χ0v) is 9.36. The topological polar surface area (TPSA) is 53.7 Å². The maximum absolute atomic E-state index is 12.1. The minimum absolute atomic E-state index is 0.213. The summed E-state index contributed by atoms with van der Waals surface area (Å²) in [6.07, 6.45) is -2.94. The number of rotatable bonds is 3. The molecule has 2 aliphatic rings. The molecule has 0 radical (unpaired) electrons. The molecule has 2 fully saturated rings. The van der Waals surface area contributed by atoms with Crippen molar-refractivity contribution in [3.8, 4) is 0 Å². The average molecular weight is 237 g/mol. The standard InChI is InChI=1S/C10H17F2NO3/c1-10(2)15-8-5(13)3-6(9(8)16-10)14-4-7(11)12/h5-9H,3-4,13H2,1-2H3/t5-,6+,8+,9-/m1/s1. The second-order valence-electron chi connectivity index (χ2n) is 4.73. The number of nitrogens with two attached hydrogens (primary N) is 1. The zero-order chi connectivity index (χ0) is 11.9. The molecule has 16 heavy (non-hydrogen) atoms. The first-order chi connectivity index (χ1) is 7.39. The second kappa shape index (κ2) is 4.18. The average Bonchev–Trinajstić information content (AvgIpc) is 2.59. The van der Waals surface area contributed by atoms with Gasteiger partial charge in [-0.1, -0.05) is 0 Å². The SMILES string of the molecule is CC1(C)O[C@@H]2[C@H](O1)[C@@H](OCC(F)F)C[C@H]2N. The minimum atomic E-state index is -2.47. The highest BCUT2D eigenvalue weighted by atomic mass is 19.3. The first-order valence-corrected chi connectivity index (χ1v) is 5.40. The Labute approximate surface area is 93.0 Å². The molecule has 0 aromatic rings. The van der Waals surface area contributed by atoms with Gasteiger partial charge < -0.3 is 19.9 Å². The number of hydrogen-bond acceptors (Lipinski definition) is 4. The molecule has 2 N–H and O–H groups in total. The van der Waals surface area contributed by atoms with Gasteiger partial charge in [-0.2, -0.15) is 0 Å². The van der Waals surface area contributed by atoms with Gasteiger partial charge in [-0.3, -0.25) is 0 Å².